The lowest BCUT2D eigenvalue weighted by atomic mass is 10.1. The van der Waals surface area contributed by atoms with E-state index in [9.17, 15) is 0 Å². The Balaban J connectivity index is 0.00000242. The largest absolute Gasteiger partial charge is 1.00 e. The summed E-state index contributed by atoms with van der Waals surface area (Å²) in [6.07, 6.45) is 0. The van der Waals surface area contributed by atoms with Crippen LogP contribution in [-0.4, -0.2) is 105 Å². The van der Waals surface area contributed by atoms with E-state index in [4.69, 9.17) is 0 Å². The molecular weight excluding hydrogens is 816 g/mol. The van der Waals surface area contributed by atoms with Crippen molar-refractivity contribution in [3.63, 3.8) is 0 Å². The second kappa shape index (κ2) is 24.2. The molecule has 44 heavy (non-hydrogen) atoms. The first-order chi connectivity index (χ1) is 19.8. The SMILES string of the molecule is [Br-].[Br-].[Br-].[Br-].c1cc2cc(c1)C[NH+]1CCNCC[NH+](CCNCC1)Cc1cccc(c1)C[NH+]1CCNCC[NH+](CCNCC1)C2. The third kappa shape index (κ3) is 15.3. The van der Waals surface area contributed by atoms with Crippen molar-refractivity contribution in [2.24, 2.45) is 0 Å². The Hall–Kier alpha value is 0.0400. The molecule has 0 aliphatic carbocycles. The lowest BCUT2D eigenvalue weighted by molar-refractivity contribution is -0.916. The smallest absolute Gasteiger partial charge is 0.103 e. The van der Waals surface area contributed by atoms with Gasteiger partial charge in [0.15, 0.2) is 0 Å². The van der Waals surface area contributed by atoms with Gasteiger partial charge in [-0.3, -0.25) is 0 Å². The van der Waals surface area contributed by atoms with Gasteiger partial charge in [0.25, 0.3) is 0 Å². The van der Waals surface area contributed by atoms with Gasteiger partial charge < -0.3 is 109 Å². The van der Waals surface area contributed by atoms with Crippen LogP contribution in [0.15, 0.2) is 48.5 Å². The molecule has 6 heterocycles. The first-order valence-corrected chi connectivity index (χ1v) is 16.1. The molecule has 12 heteroatoms. The Morgan fingerprint density at radius 2 is 0.545 bits per heavy atom. The maximum absolute atomic E-state index is 3.79. The fourth-order valence-corrected chi connectivity index (χ4v) is 6.68. The zero-order valence-corrected chi connectivity index (χ0v) is 32.6. The van der Waals surface area contributed by atoms with Crippen LogP contribution >= 0.6 is 0 Å². The van der Waals surface area contributed by atoms with Crippen LogP contribution in [0.5, 0.6) is 0 Å². The van der Waals surface area contributed by atoms with Crippen LogP contribution in [0, 0.1) is 0 Å². The fourth-order valence-electron chi connectivity index (χ4n) is 6.68. The Morgan fingerprint density at radius 3 is 0.750 bits per heavy atom. The molecule has 6 aliphatic heterocycles. The molecule has 2 saturated heterocycles. The number of halogens is 4. The number of quaternary nitrogens is 4. The highest BCUT2D eigenvalue weighted by atomic mass is 79.9. The average molecular weight is 872 g/mol. The predicted octanol–water partition coefficient (Wildman–Crippen LogP) is -16.7. The zero-order valence-electron chi connectivity index (χ0n) is 26.3. The highest BCUT2D eigenvalue weighted by Crippen LogP contribution is 2.04. The molecule has 252 valence electrons. The maximum Gasteiger partial charge on any atom is 0.103 e. The van der Waals surface area contributed by atoms with E-state index in [1.807, 2.05) is 0 Å². The lowest BCUT2D eigenvalue weighted by Gasteiger charge is -2.25. The molecule has 8 rings (SSSR count). The highest BCUT2D eigenvalue weighted by molar-refractivity contribution is 5.23. The molecule has 2 aromatic carbocycles. The summed E-state index contributed by atoms with van der Waals surface area (Å²) in [6.45, 7) is 22.6. The number of rotatable bonds is 0. The summed E-state index contributed by atoms with van der Waals surface area (Å²) in [6, 6.07) is 18.9. The van der Waals surface area contributed by atoms with Gasteiger partial charge in [-0.1, -0.05) is 36.4 Å². The first-order valence-electron chi connectivity index (χ1n) is 16.1. The van der Waals surface area contributed by atoms with E-state index in [1.165, 1.54) is 74.6 Å². The van der Waals surface area contributed by atoms with Gasteiger partial charge in [0.2, 0.25) is 0 Å². The van der Waals surface area contributed by atoms with Crippen molar-refractivity contribution >= 4 is 0 Å². The van der Waals surface area contributed by atoms with E-state index in [0.717, 1.165) is 78.5 Å². The topological polar surface area (TPSA) is 65.9 Å². The summed E-state index contributed by atoms with van der Waals surface area (Å²) in [5.41, 5.74) is 5.94. The van der Waals surface area contributed by atoms with Gasteiger partial charge in [-0.15, -0.1) is 0 Å². The second-order valence-corrected chi connectivity index (χ2v) is 12.3. The van der Waals surface area contributed by atoms with Gasteiger partial charge in [-0.2, -0.15) is 0 Å². The second-order valence-electron chi connectivity index (χ2n) is 12.3. The van der Waals surface area contributed by atoms with Crippen molar-refractivity contribution in [1.82, 2.24) is 21.3 Å². The van der Waals surface area contributed by atoms with E-state index in [2.05, 4.69) is 69.8 Å². The van der Waals surface area contributed by atoms with Crippen LogP contribution in [0.3, 0.4) is 0 Å². The standard InChI is InChI=1S/C32H52N8.4BrH/c1-3-29-23-30(4-1)26-38-17-9-35-13-21-40(22-14-36-10-18-38)28-32-6-2-5-31(24-32)27-39-19-11-33-7-15-37(25-29)16-8-34-12-20-39;;;;/h1-6,23-24,33-36H,7-22,25-28H2;4*1H. The summed E-state index contributed by atoms with van der Waals surface area (Å²) < 4.78 is 0. The molecule has 0 aromatic heterocycles. The molecule has 2 aromatic rings. The minimum atomic E-state index is 0. The van der Waals surface area contributed by atoms with Crippen LogP contribution in [0.4, 0.5) is 0 Å². The maximum atomic E-state index is 3.79. The minimum absolute atomic E-state index is 0. The Bertz CT molecular complexity index is 846. The van der Waals surface area contributed by atoms with E-state index >= 15 is 0 Å². The molecule has 8 N–H and O–H groups in total. The molecule has 0 amide bonds. The van der Waals surface area contributed by atoms with Gasteiger partial charge in [0.05, 0.1) is 52.4 Å². The lowest BCUT2D eigenvalue weighted by Crippen LogP contribution is -3.13. The first kappa shape index (κ1) is 42.1. The zero-order chi connectivity index (χ0) is 27.2. The summed E-state index contributed by atoms with van der Waals surface area (Å²) in [5.74, 6) is 0. The molecule has 0 saturated carbocycles. The van der Waals surface area contributed by atoms with Crippen LogP contribution in [0.1, 0.15) is 22.3 Å². The minimum Gasteiger partial charge on any atom is -1.00 e. The summed E-state index contributed by atoms with van der Waals surface area (Å²) >= 11 is 0. The summed E-state index contributed by atoms with van der Waals surface area (Å²) in [4.78, 5) is 6.71. The quantitative estimate of drug-likeness (QED) is 0.136. The molecule has 8 nitrogen and oxygen atoms in total. The number of benzene rings is 2. The van der Waals surface area contributed by atoms with E-state index in [1.54, 1.807) is 19.6 Å². The van der Waals surface area contributed by atoms with Crippen LogP contribution in [0.25, 0.3) is 0 Å². The fraction of sp³-hybridized carbons (Fsp3) is 0.625. The molecule has 6 aliphatic rings. The Morgan fingerprint density at radius 1 is 0.341 bits per heavy atom. The molecule has 0 spiro atoms. The van der Waals surface area contributed by atoms with Gasteiger partial charge in [0.1, 0.15) is 26.2 Å². The van der Waals surface area contributed by atoms with Crippen molar-refractivity contribution < 1.29 is 87.5 Å². The van der Waals surface area contributed by atoms with Gasteiger partial charge >= 0.3 is 0 Å². The Kier molecular flexibility index (Phi) is 23.2. The third-order valence-electron chi connectivity index (χ3n) is 9.04. The van der Waals surface area contributed by atoms with Crippen LogP contribution in [-0.2, 0) is 26.2 Å². The molecule has 0 unspecified atom stereocenters. The number of nitrogens with one attached hydrogen (secondary N) is 8. The van der Waals surface area contributed by atoms with E-state index in [0.29, 0.717) is 0 Å². The van der Waals surface area contributed by atoms with Gasteiger partial charge in [0, 0.05) is 74.6 Å². The van der Waals surface area contributed by atoms with E-state index in [-0.39, 0.29) is 67.9 Å². The number of hydrogen-bond acceptors (Lipinski definition) is 4. The molecule has 8 bridgehead atoms. The summed E-state index contributed by atoms with van der Waals surface area (Å²) in [5, 5.41) is 15.1. The number of hydrogen-bond donors (Lipinski definition) is 8. The molecule has 2 fully saturated rings. The molecular formula is C32H56Br4N8. The van der Waals surface area contributed by atoms with Crippen LogP contribution < -0.4 is 109 Å². The third-order valence-corrected chi connectivity index (χ3v) is 9.04. The highest BCUT2D eigenvalue weighted by Gasteiger charge is 2.17. The molecule has 0 radical (unpaired) electrons. The van der Waals surface area contributed by atoms with Crippen molar-refractivity contribution in [3.8, 4) is 0 Å². The van der Waals surface area contributed by atoms with Crippen molar-refractivity contribution in [3.05, 3.63) is 70.8 Å². The van der Waals surface area contributed by atoms with Crippen molar-refractivity contribution in [1.29, 1.82) is 0 Å². The monoisotopic (exact) mass is 868 g/mol. The average Bonchev–Trinajstić information content (AvgIpc) is 2.94. The van der Waals surface area contributed by atoms with Gasteiger partial charge in [-0.25, -0.2) is 0 Å². The van der Waals surface area contributed by atoms with Gasteiger partial charge in [-0.05, 0) is 12.1 Å². The Labute approximate surface area is 308 Å². The van der Waals surface area contributed by atoms with Crippen molar-refractivity contribution in [2.45, 2.75) is 26.2 Å². The van der Waals surface area contributed by atoms with E-state index < -0.39 is 0 Å². The van der Waals surface area contributed by atoms with Crippen LogP contribution in [0.2, 0.25) is 0 Å². The predicted molar refractivity (Wildman–Crippen MR) is 162 cm³/mol. The van der Waals surface area contributed by atoms with Crippen molar-refractivity contribution in [2.75, 3.05) is 105 Å². The summed E-state index contributed by atoms with van der Waals surface area (Å²) in [7, 11) is 0. The molecule has 0 atom stereocenters. The normalized spacial score (nSPS) is 26.0.